The van der Waals surface area contributed by atoms with Gasteiger partial charge in [0.2, 0.25) is 10.0 Å². The van der Waals surface area contributed by atoms with E-state index < -0.39 is 31.0 Å². The van der Waals surface area contributed by atoms with Gasteiger partial charge in [0.15, 0.2) is 14.9 Å². The Bertz CT molecular complexity index is 430. The summed E-state index contributed by atoms with van der Waals surface area (Å²) in [6, 6.07) is -0.472. The van der Waals surface area contributed by atoms with Crippen LogP contribution in [0, 0.1) is 0 Å². The van der Waals surface area contributed by atoms with Crippen LogP contribution in [-0.2, 0) is 24.6 Å². The molecule has 7 nitrogen and oxygen atoms in total. The van der Waals surface area contributed by atoms with Crippen molar-refractivity contribution in [3.05, 3.63) is 0 Å². The molecule has 0 aliphatic carbocycles. The topological polar surface area (TPSA) is 107 Å². The first-order valence-corrected chi connectivity index (χ1v) is 8.38. The van der Waals surface area contributed by atoms with Crippen LogP contribution in [0.15, 0.2) is 0 Å². The number of hydrogen-bond acceptors (Lipinski definition) is 6. The van der Waals surface area contributed by atoms with E-state index in [1.54, 1.807) is 0 Å². The normalized spacial score (nSPS) is 24.5. The largest absolute Gasteiger partial charge is 0.378 e. The lowest BCUT2D eigenvalue weighted by atomic mass is 10.3. The van der Waals surface area contributed by atoms with Gasteiger partial charge in [0.05, 0.1) is 19.3 Å². The third kappa shape index (κ3) is 3.67. The lowest BCUT2D eigenvalue weighted by Gasteiger charge is -2.33. The molecule has 1 atom stereocenters. The molecule has 9 heteroatoms. The van der Waals surface area contributed by atoms with Crippen molar-refractivity contribution in [2.45, 2.75) is 6.04 Å². The van der Waals surface area contributed by atoms with Gasteiger partial charge in [-0.1, -0.05) is 0 Å². The van der Waals surface area contributed by atoms with Crippen molar-refractivity contribution in [2.24, 2.45) is 5.73 Å². The Morgan fingerprint density at radius 3 is 2.50 bits per heavy atom. The molecule has 16 heavy (non-hydrogen) atoms. The van der Waals surface area contributed by atoms with Gasteiger partial charge in [-0.3, -0.25) is 0 Å². The van der Waals surface area contributed by atoms with Crippen LogP contribution in [0.5, 0.6) is 0 Å². The lowest BCUT2D eigenvalue weighted by Crippen LogP contribution is -2.53. The van der Waals surface area contributed by atoms with Crippen LogP contribution < -0.4 is 5.73 Å². The fourth-order valence-electron chi connectivity index (χ4n) is 1.53. The van der Waals surface area contributed by atoms with Gasteiger partial charge < -0.3 is 10.5 Å². The minimum absolute atomic E-state index is 0.114. The van der Waals surface area contributed by atoms with E-state index in [1.165, 1.54) is 0 Å². The van der Waals surface area contributed by atoms with Crippen molar-refractivity contribution in [1.29, 1.82) is 0 Å². The molecular formula is C7H16N2O5S2. The predicted octanol–water partition coefficient (Wildman–Crippen LogP) is -2.02. The Hall–Kier alpha value is -0.220. The van der Waals surface area contributed by atoms with E-state index in [9.17, 15) is 16.8 Å². The summed E-state index contributed by atoms with van der Waals surface area (Å²) in [5, 5.41) is -0.878. The number of morpholine rings is 1. The summed E-state index contributed by atoms with van der Waals surface area (Å²) in [5.41, 5.74) is 5.42. The van der Waals surface area contributed by atoms with E-state index in [0.717, 1.165) is 10.6 Å². The van der Waals surface area contributed by atoms with Gasteiger partial charge in [0.1, 0.15) is 0 Å². The Morgan fingerprint density at radius 1 is 1.38 bits per heavy atom. The molecule has 0 aromatic heterocycles. The zero-order valence-electron chi connectivity index (χ0n) is 9.00. The first kappa shape index (κ1) is 13.8. The number of sulfonamides is 1. The Balaban J connectivity index is 2.89. The van der Waals surface area contributed by atoms with E-state index in [4.69, 9.17) is 10.5 Å². The highest BCUT2D eigenvalue weighted by Crippen LogP contribution is 2.13. The van der Waals surface area contributed by atoms with Gasteiger partial charge in [-0.15, -0.1) is 0 Å². The van der Waals surface area contributed by atoms with Gasteiger partial charge in [-0.2, -0.15) is 4.31 Å². The second-order valence-corrected chi connectivity index (χ2v) is 8.16. The molecule has 1 rings (SSSR count). The fourth-order valence-corrected chi connectivity index (χ4v) is 5.19. The van der Waals surface area contributed by atoms with Crippen LogP contribution in [0.3, 0.4) is 0 Å². The molecule has 1 fully saturated rings. The molecule has 1 unspecified atom stereocenters. The molecule has 96 valence electrons. The Labute approximate surface area is 95.5 Å². The summed E-state index contributed by atoms with van der Waals surface area (Å²) in [4.78, 5) is 0. The number of nitrogens with zero attached hydrogens (tertiary/aromatic N) is 1. The van der Waals surface area contributed by atoms with Crippen LogP contribution >= 0.6 is 0 Å². The third-order valence-corrected chi connectivity index (χ3v) is 6.27. The summed E-state index contributed by atoms with van der Waals surface area (Å²) in [6.45, 7) is 0.738. The van der Waals surface area contributed by atoms with Crippen molar-refractivity contribution in [2.75, 3.05) is 37.6 Å². The van der Waals surface area contributed by atoms with Crippen LogP contribution in [0.2, 0.25) is 0 Å². The molecule has 0 radical (unpaired) electrons. The summed E-state index contributed by atoms with van der Waals surface area (Å²) < 4.78 is 51.9. The van der Waals surface area contributed by atoms with E-state index in [2.05, 4.69) is 0 Å². The van der Waals surface area contributed by atoms with Crippen molar-refractivity contribution in [3.63, 3.8) is 0 Å². The second-order valence-electron chi connectivity index (χ2n) is 3.73. The monoisotopic (exact) mass is 272 g/mol. The summed E-state index contributed by atoms with van der Waals surface area (Å²) >= 11 is 0. The maximum atomic E-state index is 11.8. The SMILES string of the molecule is CS(=O)(=O)CS(=O)(=O)N1CCOCC1CN. The van der Waals surface area contributed by atoms with Crippen molar-refractivity contribution < 1.29 is 21.6 Å². The van der Waals surface area contributed by atoms with Gasteiger partial charge in [-0.25, -0.2) is 16.8 Å². The molecule has 0 bridgehead atoms. The molecule has 0 aromatic carbocycles. The molecule has 0 saturated carbocycles. The molecule has 2 N–H and O–H groups in total. The second kappa shape index (κ2) is 4.96. The lowest BCUT2D eigenvalue weighted by molar-refractivity contribution is 0.0360. The molecule has 1 aliphatic heterocycles. The van der Waals surface area contributed by atoms with Gasteiger partial charge in [0, 0.05) is 19.3 Å². The fraction of sp³-hybridized carbons (Fsp3) is 1.00. The third-order valence-electron chi connectivity index (χ3n) is 2.17. The molecular weight excluding hydrogens is 256 g/mol. The standard InChI is InChI=1S/C7H16N2O5S2/c1-15(10,11)6-16(12,13)9-2-3-14-5-7(9)4-8/h7H,2-6,8H2,1H3. The summed E-state index contributed by atoms with van der Waals surface area (Å²) in [7, 11) is -7.39. The Kier molecular flexibility index (Phi) is 4.29. The highest BCUT2D eigenvalue weighted by atomic mass is 32.3. The van der Waals surface area contributed by atoms with Crippen LogP contribution in [0.25, 0.3) is 0 Å². The average molecular weight is 272 g/mol. The molecule has 1 heterocycles. The smallest absolute Gasteiger partial charge is 0.229 e. The zero-order chi connectivity index (χ0) is 12.4. The van der Waals surface area contributed by atoms with Crippen molar-refractivity contribution in [1.82, 2.24) is 4.31 Å². The van der Waals surface area contributed by atoms with Crippen LogP contribution in [0.1, 0.15) is 0 Å². The predicted molar refractivity (Wildman–Crippen MR) is 59.0 cm³/mol. The minimum Gasteiger partial charge on any atom is -0.378 e. The maximum absolute atomic E-state index is 11.8. The van der Waals surface area contributed by atoms with Crippen molar-refractivity contribution >= 4 is 19.9 Å². The molecule has 1 aliphatic rings. The highest BCUT2D eigenvalue weighted by Gasteiger charge is 2.34. The number of sulfone groups is 1. The van der Waals surface area contributed by atoms with E-state index in [-0.39, 0.29) is 26.3 Å². The van der Waals surface area contributed by atoms with E-state index >= 15 is 0 Å². The number of hydrogen-bond donors (Lipinski definition) is 1. The average Bonchev–Trinajstić information content (AvgIpc) is 2.14. The molecule has 0 spiro atoms. The molecule has 0 aromatic rings. The van der Waals surface area contributed by atoms with Gasteiger partial charge >= 0.3 is 0 Å². The summed E-state index contributed by atoms with van der Waals surface area (Å²) in [6.07, 6.45) is 0.891. The van der Waals surface area contributed by atoms with Crippen LogP contribution in [-0.4, -0.2) is 64.8 Å². The van der Waals surface area contributed by atoms with Crippen LogP contribution in [0.4, 0.5) is 0 Å². The van der Waals surface area contributed by atoms with Gasteiger partial charge in [-0.05, 0) is 0 Å². The zero-order valence-corrected chi connectivity index (χ0v) is 10.6. The number of rotatable bonds is 4. The molecule has 1 saturated heterocycles. The molecule has 0 amide bonds. The van der Waals surface area contributed by atoms with Crippen molar-refractivity contribution in [3.8, 4) is 0 Å². The van der Waals surface area contributed by atoms with E-state index in [1.807, 2.05) is 0 Å². The first-order valence-electron chi connectivity index (χ1n) is 4.71. The Morgan fingerprint density at radius 2 is 2.00 bits per heavy atom. The maximum Gasteiger partial charge on any atom is 0.229 e. The highest BCUT2D eigenvalue weighted by molar-refractivity contribution is 8.06. The quantitative estimate of drug-likeness (QED) is 0.633. The van der Waals surface area contributed by atoms with E-state index in [0.29, 0.717) is 0 Å². The summed E-state index contributed by atoms with van der Waals surface area (Å²) in [5.74, 6) is 0. The minimum atomic E-state index is -3.82. The first-order chi connectivity index (χ1) is 7.26. The number of ether oxygens (including phenoxy) is 1. The van der Waals surface area contributed by atoms with Gasteiger partial charge in [0.25, 0.3) is 0 Å². The number of nitrogens with two attached hydrogens (primary N) is 1.